The van der Waals surface area contributed by atoms with E-state index >= 15 is 0 Å². The molecule has 0 bridgehead atoms. The molecule has 1 amide bonds. The van der Waals surface area contributed by atoms with Crippen molar-refractivity contribution in [2.45, 2.75) is 13.0 Å². The van der Waals surface area contributed by atoms with Crippen molar-refractivity contribution in [2.24, 2.45) is 11.0 Å². The van der Waals surface area contributed by atoms with Crippen LogP contribution >= 0.6 is 0 Å². The van der Waals surface area contributed by atoms with Crippen molar-refractivity contribution in [3.05, 3.63) is 22.8 Å². The van der Waals surface area contributed by atoms with E-state index in [-0.39, 0.29) is 11.8 Å². The summed E-state index contributed by atoms with van der Waals surface area (Å²) in [6.45, 7) is 2.65. The summed E-state index contributed by atoms with van der Waals surface area (Å²) in [6, 6.07) is 0. The Morgan fingerprint density at radius 3 is 3.10 bits per heavy atom. The quantitative estimate of drug-likeness (QED) is 0.443. The second kappa shape index (κ2) is 6.40. The number of hydrogen-bond acceptors (Lipinski definition) is 4. The van der Waals surface area contributed by atoms with Gasteiger partial charge in [0, 0.05) is 37.2 Å². The fraction of sp³-hybridized carbons (Fsp3) is 0.667. The molecule has 1 saturated heterocycles. The molecule has 8 nitrogen and oxygen atoms in total. The number of anilines is 1. The summed E-state index contributed by atoms with van der Waals surface area (Å²) < 4.78 is 1.84. The molecule has 0 N–H and O–H groups in total. The first-order valence-electron chi connectivity index (χ1n) is 6.58. The van der Waals surface area contributed by atoms with Crippen LogP contribution in [-0.4, -0.2) is 54.3 Å². The third kappa shape index (κ3) is 3.49. The number of rotatable bonds is 6. The van der Waals surface area contributed by atoms with E-state index < -0.39 is 0 Å². The van der Waals surface area contributed by atoms with Crippen molar-refractivity contribution in [3.8, 4) is 0 Å². The Balaban J connectivity index is 1.97. The predicted octanol–water partition coefficient (Wildman–Crippen LogP) is 1.11. The van der Waals surface area contributed by atoms with Gasteiger partial charge in [0.05, 0.1) is 18.4 Å². The van der Waals surface area contributed by atoms with Crippen LogP contribution < -0.4 is 4.90 Å². The Labute approximate surface area is 117 Å². The molecule has 1 aromatic rings. The number of hydrogen-bond donors (Lipinski definition) is 0. The molecular formula is C12H19N7O. The van der Waals surface area contributed by atoms with E-state index in [1.54, 1.807) is 11.1 Å². The average molecular weight is 277 g/mol. The van der Waals surface area contributed by atoms with E-state index in [9.17, 15) is 4.79 Å². The van der Waals surface area contributed by atoms with Gasteiger partial charge in [-0.1, -0.05) is 5.11 Å². The van der Waals surface area contributed by atoms with Gasteiger partial charge in [-0.15, -0.1) is 0 Å². The molecule has 108 valence electrons. The first-order chi connectivity index (χ1) is 9.60. The van der Waals surface area contributed by atoms with E-state index in [1.807, 2.05) is 25.0 Å². The van der Waals surface area contributed by atoms with E-state index in [2.05, 4.69) is 20.0 Å². The normalized spacial score (nSPS) is 18.6. The largest absolute Gasteiger partial charge is 0.309 e. The van der Waals surface area contributed by atoms with Crippen LogP contribution in [0.25, 0.3) is 10.4 Å². The molecule has 20 heavy (non-hydrogen) atoms. The molecule has 0 aromatic carbocycles. The van der Waals surface area contributed by atoms with Gasteiger partial charge in [-0.05, 0) is 25.5 Å². The third-order valence-electron chi connectivity index (χ3n) is 3.32. The summed E-state index contributed by atoms with van der Waals surface area (Å²) in [6.07, 6.45) is 4.03. The van der Waals surface area contributed by atoms with E-state index in [1.165, 1.54) is 0 Å². The summed E-state index contributed by atoms with van der Waals surface area (Å²) in [5.74, 6) is 0.166. The molecule has 0 radical (unpaired) electrons. The highest BCUT2D eigenvalue weighted by atomic mass is 16.2. The van der Waals surface area contributed by atoms with Crippen LogP contribution in [0.5, 0.6) is 0 Å². The minimum atomic E-state index is 0.0651. The van der Waals surface area contributed by atoms with Crippen molar-refractivity contribution in [2.75, 3.05) is 38.6 Å². The molecule has 1 aromatic heterocycles. The summed E-state index contributed by atoms with van der Waals surface area (Å²) in [7, 11) is 4.02. The number of amides is 1. The Hall–Kier alpha value is -2.05. The average Bonchev–Trinajstić information content (AvgIpc) is 3.00. The second-order valence-electron chi connectivity index (χ2n) is 5.25. The molecule has 1 atom stereocenters. The standard InChI is InChI=1S/C12H19N7O/c1-17(2)3-4-18-9-11(7-15-18)19-8-10(5-12(19)20)6-14-16-13/h7,9-10H,3-6,8H2,1-2H3. The smallest absolute Gasteiger partial charge is 0.227 e. The molecule has 2 rings (SSSR count). The van der Waals surface area contributed by atoms with Gasteiger partial charge in [-0.3, -0.25) is 9.48 Å². The van der Waals surface area contributed by atoms with Crippen LogP contribution in [0.4, 0.5) is 5.69 Å². The summed E-state index contributed by atoms with van der Waals surface area (Å²) in [5.41, 5.74) is 9.14. The van der Waals surface area contributed by atoms with Crippen LogP contribution in [0, 0.1) is 5.92 Å². The van der Waals surface area contributed by atoms with Crippen LogP contribution in [0.3, 0.4) is 0 Å². The maximum atomic E-state index is 12.0. The second-order valence-corrected chi connectivity index (χ2v) is 5.25. The van der Waals surface area contributed by atoms with Crippen LogP contribution in [-0.2, 0) is 11.3 Å². The lowest BCUT2D eigenvalue weighted by atomic mass is 10.1. The van der Waals surface area contributed by atoms with Gasteiger partial charge in [0.2, 0.25) is 5.91 Å². The number of likely N-dealkylation sites (N-methyl/N-ethyl adjacent to an activating group) is 1. The Morgan fingerprint density at radius 1 is 1.60 bits per heavy atom. The molecule has 0 saturated carbocycles. The molecule has 1 aliphatic rings. The number of aromatic nitrogens is 2. The van der Waals surface area contributed by atoms with Gasteiger partial charge in [0.15, 0.2) is 0 Å². The molecular weight excluding hydrogens is 258 g/mol. The molecule has 1 unspecified atom stereocenters. The Bertz CT molecular complexity index is 518. The van der Waals surface area contributed by atoms with Gasteiger partial charge in [0.25, 0.3) is 0 Å². The monoisotopic (exact) mass is 277 g/mol. The fourth-order valence-corrected chi connectivity index (χ4v) is 2.22. The highest BCUT2D eigenvalue weighted by Gasteiger charge is 2.30. The van der Waals surface area contributed by atoms with Gasteiger partial charge >= 0.3 is 0 Å². The third-order valence-corrected chi connectivity index (χ3v) is 3.32. The molecule has 8 heteroatoms. The maximum absolute atomic E-state index is 12.0. The number of carbonyl (C=O) groups is 1. The zero-order chi connectivity index (χ0) is 14.5. The number of carbonyl (C=O) groups excluding carboxylic acids is 1. The minimum Gasteiger partial charge on any atom is -0.309 e. The lowest BCUT2D eigenvalue weighted by Crippen LogP contribution is -2.24. The van der Waals surface area contributed by atoms with Gasteiger partial charge in [0.1, 0.15) is 0 Å². The summed E-state index contributed by atoms with van der Waals surface area (Å²) in [5, 5.41) is 7.81. The molecule has 0 aliphatic carbocycles. The van der Waals surface area contributed by atoms with Crippen molar-refractivity contribution < 1.29 is 4.79 Å². The van der Waals surface area contributed by atoms with Crippen LogP contribution in [0.2, 0.25) is 0 Å². The van der Waals surface area contributed by atoms with E-state index in [0.717, 1.165) is 18.8 Å². The topological polar surface area (TPSA) is 90.1 Å². The van der Waals surface area contributed by atoms with Gasteiger partial charge < -0.3 is 9.80 Å². The number of nitrogens with zero attached hydrogens (tertiary/aromatic N) is 7. The predicted molar refractivity (Wildman–Crippen MR) is 75.3 cm³/mol. The molecule has 0 spiro atoms. The fourth-order valence-electron chi connectivity index (χ4n) is 2.22. The van der Waals surface area contributed by atoms with Crippen molar-refractivity contribution in [1.29, 1.82) is 0 Å². The SMILES string of the molecule is CN(C)CCn1cc(N2CC(CN=[N+]=[N-])CC2=O)cn1. The van der Waals surface area contributed by atoms with Crippen LogP contribution in [0.1, 0.15) is 6.42 Å². The molecule has 1 aliphatic heterocycles. The highest BCUT2D eigenvalue weighted by Crippen LogP contribution is 2.24. The van der Waals surface area contributed by atoms with Crippen molar-refractivity contribution in [1.82, 2.24) is 14.7 Å². The minimum absolute atomic E-state index is 0.0651. The van der Waals surface area contributed by atoms with Gasteiger partial charge in [-0.2, -0.15) is 5.10 Å². The molecule has 1 fully saturated rings. The van der Waals surface area contributed by atoms with E-state index in [4.69, 9.17) is 5.53 Å². The number of azide groups is 1. The van der Waals surface area contributed by atoms with Crippen molar-refractivity contribution >= 4 is 11.6 Å². The van der Waals surface area contributed by atoms with E-state index in [0.29, 0.717) is 19.5 Å². The Kier molecular flexibility index (Phi) is 4.60. The van der Waals surface area contributed by atoms with Crippen LogP contribution in [0.15, 0.2) is 17.5 Å². The first kappa shape index (κ1) is 14.4. The van der Waals surface area contributed by atoms with Crippen molar-refractivity contribution in [3.63, 3.8) is 0 Å². The first-order valence-corrected chi connectivity index (χ1v) is 6.58. The lowest BCUT2D eigenvalue weighted by Gasteiger charge is -2.13. The van der Waals surface area contributed by atoms with Gasteiger partial charge in [-0.25, -0.2) is 0 Å². The zero-order valence-electron chi connectivity index (χ0n) is 11.8. The highest BCUT2D eigenvalue weighted by molar-refractivity contribution is 5.95. The maximum Gasteiger partial charge on any atom is 0.227 e. The summed E-state index contributed by atoms with van der Waals surface area (Å²) in [4.78, 5) is 18.5. The Morgan fingerprint density at radius 2 is 2.40 bits per heavy atom. The summed E-state index contributed by atoms with van der Waals surface area (Å²) >= 11 is 0. The lowest BCUT2D eigenvalue weighted by molar-refractivity contribution is -0.117. The zero-order valence-corrected chi connectivity index (χ0v) is 11.8. The molecule has 2 heterocycles.